The molecule has 3 aromatic rings. The van der Waals surface area contributed by atoms with E-state index in [0.717, 1.165) is 47.9 Å². The van der Waals surface area contributed by atoms with Crippen LogP contribution in [0.3, 0.4) is 0 Å². The van der Waals surface area contributed by atoms with Crippen molar-refractivity contribution >= 4 is 52.9 Å². The Balaban J connectivity index is 1.16. The summed E-state index contributed by atoms with van der Waals surface area (Å²) in [6, 6.07) is 17.6. The number of hydrogen-bond acceptors (Lipinski definition) is 7. The number of ether oxygens (including phenoxy) is 4. The zero-order valence-electron chi connectivity index (χ0n) is 35.3. The zero-order valence-corrected chi connectivity index (χ0v) is 37.6. The van der Waals surface area contributed by atoms with Gasteiger partial charge in [-0.15, -0.1) is 0 Å². The SMILES string of the molecule is Cc1cc(Cl)c(OCCOc2ccc(C3CCN(C(=O)OC(C)(C)C)CC3C(=O)N(Cc3cc(CCN(C(=O)OC(C)(C)C)C4CC4)ccc3Cl)C3CC3)cc2)c(Cl)c1. The number of carbonyl (C=O) groups excluding carboxylic acids is 3. The van der Waals surface area contributed by atoms with Crippen LogP contribution in [-0.2, 0) is 27.2 Å². The number of rotatable bonds is 14. The van der Waals surface area contributed by atoms with E-state index in [9.17, 15) is 14.4 Å². The molecule has 2 atom stereocenters. The summed E-state index contributed by atoms with van der Waals surface area (Å²) in [5.41, 5.74) is 2.59. The standard InChI is InChI=1S/C46H58Cl3N3O7/c1-29-24-39(48)41(40(49)25-29)57-23-22-56-35-15-9-31(10-16-35)36-19-20-50(43(54)58-45(2,3)4)28-37(36)42(53)52(34-13-14-34)27-32-26-30(8-17-38(32)47)18-21-51(33-11-12-33)44(55)59-46(5,6)7/h8-10,15-17,24-26,33-34,36-37H,11-14,18-23,27-28H2,1-7H3. The van der Waals surface area contributed by atoms with Gasteiger partial charge < -0.3 is 33.6 Å². The van der Waals surface area contributed by atoms with Gasteiger partial charge in [0.1, 0.15) is 30.2 Å². The first kappa shape index (κ1) is 44.7. The molecule has 6 rings (SSSR count). The molecule has 320 valence electrons. The van der Waals surface area contributed by atoms with Crippen LogP contribution in [0.1, 0.15) is 102 Å². The van der Waals surface area contributed by atoms with E-state index in [1.54, 1.807) is 17.0 Å². The molecule has 2 saturated carbocycles. The van der Waals surface area contributed by atoms with E-state index in [-0.39, 0.29) is 49.8 Å². The Labute approximate surface area is 364 Å². The van der Waals surface area contributed by atoms with E-state index < -0.39 is 23.2 Å². The van der Waals surface area contributed by atoms with Crippen LogP contribution in [0.4, 0.5) is 9.59 Å². The second-order valence-corrected chi connectivity index (χ2v) is 19.3. The molecule has 10 nitrogen and oxygen atoms in total. The number of likely N-dealkylation sites (tertiary alicyclic amines) is 1. The lowest BCUT2D eigenvalue weighted by Crippen LogP contribution is -2.51. The Hall–Kier alpha value is -3.86. The summed E-state index contributed by atoms with van der Waals surface area (Å²) in [6.45, 7) is 15.2. The van der Waals surface area contributed by atoms with Crippen LogP contribution in [0.2, 0.25) is 15.1 Å². The first-order chi connectivity index (χ1) is 27.8. The molecule has 1 saturated heterocycles. The normalized spacial score (nSPS) is 18.2. The number of halogens is 3. The van der Waals surface area contributed by atoms with Crippen LogP contribution >= 0.6 is 34.8 Å². The van der Waals surface area contributed by atoms with Gasteiger partial charge in [-0.2, -0.15) is 0 Å². The topological polar surface area (TPSA) is 97.8 Å². The fourth-order valence-corrected chi connectivity index (χ4v) is 8.37. The summed E-state index contributed by atoms with van der Waals surface area (Å²) in [5, 5.41) is 1.48. The molecule has 13 heteroatoms. The van der Waals surface area contributed by atoms with Gasteiger partial charge in [-0.1, -0.05) is 59.1 Å². The van der Waals surface area contributed by atoms with Crippen molar-refractivity contribution in [2.24, 2.45) is 5.92 Å². The van der Waals surface area contributed by atoms with Gasteiger partial charge in [0.25, 0.3) is 0 Å². The largest absolute Gasteiger partial charge is 0.490 e. The van der Waals surface area contributed by atoms with Gasteiger partial charge in [0.05, 0.1) is 16.0 Å². The quantitative estimate of drug-likeness (QED) is 0.149. The molecule has 2 unspecified atom stereocenters. The average Bonchev–Trinajstić information content (AvgIpc) is 4.09. The van der Waals surface area contributed by atoms with Gasteiger partial charge in [0, 0.05) is 43.3 Å². The number of carbonyl (C=O) groups is 3. The summed E-state index contributed by atoms with van der Waals surface area (Å²) >= 11 is 19.5. The number of benzene rings is 3. The summed E-state index contributed by atoms with van der Waals surface area (Å²) in [5.74, 6) is 0.422. The van der Waals surface area contributed by atoms with Crippen LogP contribution in [0.15, 0.2) is 54.6 Å². The van der Waals surface area contributed by atoms with Crippen LogP contribution < -0.4 is 9.47 Å². The number of aryl methyl sites for hydroxylation is 1. The second-order valence-electron chi connectivity index (χ2n) is 18.0. The highest BCUT2D eigenvalue weighted by Crippen LogP contribution is 2.40. The van der Waals surface area contributed by atoms with Crippen LogP contribution in [0.5, 0.6) is 11.5 Å². The van der Waals surface area contributed by atoms with Gasteiger partial charge in [-0.25, -0.2) is 9.59 Å². The molecule has 0 bridgehead atoms. The van der Waals surface area contributed by atoms with Crippen molar-refractivity contribution in [3.63, 3.8) is 0 Å². The van der Waals surface area contributed by atoms with Crippen LogP contribution in [-0.4, -0.2) is 88.9 Å². The molecule has 3 amide bonds. The van der Waals surface area contributed by atoms with Crippen molar-refractivity contribution < 1.29 is 33.3 Å². The molecule has 0 N–H and O–H groups in total. The lowest BCUT2D eigenvalue weighted by Gasteiger charge is -2.40. The monoisotopic (exact) mass is 869 g/mol. The third kappa shape index (κ3) is 12.6. The van der Waals surface area contributed by atoms with Gasteiger partial charge >= 0.3 is 12.2 Å². The summed E-state index contributed by atoms with van der Waals surface area (Å²) in [6.07, 6.45) is 4.27. The molecule has 3 aromatic carbocycles. The molecule has 3 aliphatic rings. The average molecular weight is 871 g/mol. The minimum atomic E-state index is -0.669. The van der Waals surface area contributed by atoms with E-state index in [1.165, 1.54) is 0 Å². The second kappa shape index (κ2) is 18.8. The van der Waals surface area contributed by atoms with Crippen molar-refractivity contribution in [1.29, 1.82) is 0 Å². The highest BCUT2D eigenvalue weighted by Gasteiger charge is 2.43. The molecular weight excluding hydrogens is 813 g/mol. The highest BCUT2D eigenvalue weighted by molar-refractivity contribution is 6.37. The summed E-state index contributed by atoms with van der Waals surface area (Å²) in [7, 11) is 0. The number of piperidine rings is 1. The number of hydrogen-bond donors (Lipinski definition) is 0. The summed E-state index contributed by atoms with van der Waals surface area (Å²) < 4.78 is 23.3. The van der Waals surface area contributed by atoms with Crippen LogP contribution in [0.25, 0.3) is 0 Å². The first-order valence-electron chi connectivity index (χ1n) is 20.7. The Morgan fingerprint density at radius 1 is 0.746 bits per heavy atom. The van der Waals surface area contributed by atoms with E-state index in [0.29, 0.717) is 59.0 Å². The predicted octanol–water partition coefficient (Wildman–Crippen LogP) is 10.9. The third-order valence-corrected chi connectivity index (χ3v) is 11.5. The van der Waals surface area contributed by atoms with E-state index in [2.05, 4.69) is 6.07 Å². The molecule has 0 spiro atoms. The van der Waals surface area contributed by atoms with Gasteiger partial charge in [-0.3, -0.25) is 4.79 Å². The number of amides is 3. The van der Waals surface area contributed by atoms with Gasteiger partial charge in [-0.05, 0) is 145 Å². The van der Waals surface area contributed by atoms with Gasteiger partial charge in [0.2, 0.25) is 5.91 Å². The van der Waals surface area contributed by atoms with Gasteiger partial charge in [0.15, 0.2) is 5.75 Å². The maximum absolute atomic E-state index is 14.9. The maximum atomic E-state index is 14.9. The Morgan fingerprint density at radius 3 is 1.97 bits per heavy atom. The van der Waals surface area contributed by atoms with E-state index >= 15 is 0 Å². The minimum Gasteiger partial charge on any atom is -0.490 e. The lowest BCUT2D eigenvalue weighted by molar-refractivity contribution is -0.139. The maximum Gasteiger partial charge on any atom is 0.410 e. The lowest BCUT2D eigenvalue weighted by atomic mass is 9.79. The Kier molecular flexibility index (Phi) is 14.3. The molecule has 1 aliphatic heterocycles. The van der Waals surface area contributed by atoms with Crippen molar-refractivity contribution in [1.82, 2.24) is 14.7 Å². The van der Waals surface area contributed by atoms with Crippen molar-refractivity contribution in [3.05, 3.63) is 91.9 Å². The minimum absolute atomic E-state index is 0.0111. The molecule has 2 aliphatic carbocycles. The predicted molar refractivity (Wildman–Crippen MR) is 232 cm³/mol. The van der Waals surface area contributed by atoms with E-state index in [1.807, 2.05) is 94.7 Å². The Morgan fingerprint density at radius 2 is 1.36 bits per heavy atom. The highest BCUT2D eigenvalue weighted by atomic mass is 35.5. The zero-order chi connectivity index (χ0) is 42.6. The molecular formula is C46H58Cl3N3O7. The Bertz CT molecular complexity index is 1950. The van der Waals surface area contributed by atoms with E-state index in [4.69, 9.17) is 53.8 Å². The fraction of sp³-hybridized carbons (Fsp3) is 0.543. The summed E-state index contributed by atoms with van der Waals surface area (Å²) in [4.78, 5) is 46.8. The first-order valence-corrected chi connectivity index (χ1v) is 21.8. The molecule has 3 fully saturated rings. The molecule has 1 heterocycles. The molecule has 59 heavy (non-hydrogen) atoms. The third-order valence-electron chi connectivity index (χ3n) is 10.6. The smallest absolute Gasteiger partial charge is 0.410 e. The van der Waals surface area contributed by atoms with Crippen LogP contribution in [0, 0.1) is 12.8 Å². The van der Waals surface area contributed by atoms with Crippen molar-refractivity contribution in [2.45, 2.75) is 123 Å². The fourth-order valence-electron chi connectivity index (χ4n) is 7.49. The molecule has 0 radical (unpaired) electrons. The number of nitrogens with zero attached hydrogens (tertiary/aromatic N) is 3. The van der Waals surface area contributed by atoms with Crippen molar-refractivity contribution in [2.75, 3.05) is 32.8 Å². The molecule has 0 aromatic heterocycles. The van der Waals surface area contributed by atoms with Crippen molar-refractivity contribution in [3.8, 4) is 11.5 Å².